The van der Waals surface area contributed by atoms with E-state index in [1.807, 2.05) is 55.5 Å². The number of rotatable bonds is 6. The molecule has 0 unspecified atom stereocenters. The van der Waals surface area contributed by atoms with E-state index in [1.165, 1.54) is 30.5 Å². The number of ether oxygens (including phenoxy) is 1. The summed E-state index contributed by atoms with van der Waals surface area (Å²) in [4.78, 5) is 17.9. The van der Waals surface area contributed by atoms with Crippen LogP contribution in [0.4, 0.5) is 4.39 Å². The number of aryl methyl sites for hydroxylation is 1. The van der Waals surface area contributed by atoms with Crippen LogP contribution in [0.5, 0.6) is 5.75 Å². The van der Waals surface area contributed by atoms with Crippen molar-refractivity contribution in [2.45, 2.75) is 24.4 Å². The Morgan fingerprint density at radius 2 is 1.77 bits per heavy atom. The highest BCUT2D eigenvalue weighted by atomic mass is 32.2. The van der Waals surface area contributed by atoms with Crippen LogP contribution in [0.25, 0.3) is 10.9 Å². The van der Waals surface area contributed by atoms with Crippen LogP contribution in [-0.2, 0) is 12.3 Å². The summed E-state index contributed by atoms with van der Waals surface area (Å²) in [6, 6.07) is 20.3. The smallest absolute Gasteiger partial charge is 0.262 e. The molecule has 6 heteroatoms. The van der Waals surface area contributed by atoms with Crippen LogP contribution in [-0.4, -0.2) is 16.7 Å². The Morgan fingerprint density at radius 1 is 1.03 bits per heavy atom. The van der Waals surface area contributed by atoms with Crippen molar-refractivity contribution in [2.24, 2.45) is 0 Å². The minimum Gasteiger partial charge on any atom is -0.494 e. The van der Waals surface area contributed by atoms with E-state index in [0.29, 0.717) is 28.4 Å². The zero-order chi connectivity index (χ0) is 21.1. The minimum atomic E-state index is -0.404. The van der Waals surface area contributed by atoms with Gasteiger partial charge in [0.1, 0.15) is 0 Å². The van der Waals surface area contributed by atoms with Gasteiger partial charge in [0.05, 0.1) is 24.6 Å². The molecular weight excluding hydrogens is 399 g/mol. The molecule has 0 aliphatic rings. The summed E-state index contributed by atoms with van der Waals surface area (Å²) in [6.45, 7) is 2.46. The Labute approximate surface area is 178 Å². The zero-order valence-electron chi connectivity index (χ0n) is 16.8. The summed E-state index contributed by atoms with van der Waals surface area (Å²) in [5.41, 5.74) is 3.56. The normalized spacial score (nSPS) is 11.0. The highest BCUT2D eigenvalue weighted by Crippen LogP contribution is 2.25. The van der Waals surface area contributed by atoms with E-state index < -0.39 is 5.82 Å². The van der Waals surface area contributed by atoms with Crippen molar-refractivity contribution in [2.75, 3.05) is 7.11 Å². The Hall–Kier alpha value is -3.12. The molecular formula is C24H21FN2O2S. The topological polar surface area (TPSA) is 44.1 Å². The van der Waals surface area contributed by atoms with Crippen LogP contribution in [0, 0.1) is 12.7 Å². The minimum absolute atomic E-state index is 0.0791. The highest BCUT2D eigenvalue weighted by molar-refractivity contribution is 7.98. The fourth-order valence-corrected chi connectivity index (χ4v) is 4.16. The molecule has 1 aromatic heterocycles. The third-order valence-corrected chi connectivity index (χ3v) is 5.92. The molecule has 3 aromatic carbocycles. The molecule has 0 N–H and O–H groups in total. The van der Waals surface area contributed by atoms with E-state index >= 15 is 0 Å². The number of fused-ring (bicyclic) bond motifs is 1. The quantitative estimate of drug-likeness (QED) is 0.318. The number of nitrogens with zero attached hydrogens (tertiary/aromatic N) is 2. The number of benzene rings is 3. The number of halogens is 1. The fourth-order valence-electron chi connectivity index (χ4n) is 3.22. The van der Waals surface area contributed by atoms with Gasteiger partial charge in [-0.2, -0.15) is 0 Å². The summed E-state index contributed by atoms with van der Waals surface area (Å²) >= 11 is 1.42. The molecule has 0 saturated heterocycles. The maximum atomic E-state index is 14.0. The number of aromatic nitrogens is 2. The second kappa shape index (κ2) is 8.71. The molecule has 0 saturated carbocycles. The molecule has 4 nitrogen and oxygen atoms in total. The molecule has 0 spiro atoms. The van der Waals surface area contributed by atoms with Gasteiger partial charge in [-0.15, -0.1) is 0 Å². The van der Waals surface area contributed by atoms with Crippen molar-refractivity contribution in [1.29, 1.82) is 0 Å². The van der Waals surface area contributed by atoms with Crippen LogP contribution in [0.3, 0.4) is 0 Å². The van der Waals surface area contributed by atoms with Crippen molar-refractivity contribution in [3.63, 3.8) is 0 Å². The van der Waals surface area contributed by atoms with E-state index in [4.69, 9.17) is 9.72 Å². The van der Waals surface area contributed by atoms with Crippen molar-refractivity contribution in [3.05, 3.63) is 99.6 Å². The molecule has 4 rings (SSSR count). The Balaban J connectivity index is 1.70. The molecule has 1 heterocycles. The van der Waals surface area contributed by atoms with Crippen LogP contribution in [0.2, 0.25) is 0 Å². The molecule has 0 radical (unpaired) electrons. The summed E-state index contributed by atoms with van der Waals surface area (Å²) in [6.07, 6.45) is 0. The van der Waals surface area contributed by atoms with Gasteiger partial charge in [-0.25, -0.2) is 9.37 Å². The van der Waals surface area contributed by atoms with Gasteiger partial charge in [0.15, 0.2) is 16.7 Å². The first-order valence-corrected chi connectivity index (χ1v) is 10.5. The van der Waals surface area contributed by atoms with Crippen molar-refractivity contribution in [1.82, 2.24) is 9.55 Å². The number of hydrogen-bond donors (Lipinski definition) is 0. The molecule has 0 aliphatic heterocycles. The second-order valence-corrected chi connectivity index (χ2v) is 7.99. The Bertz CT molecular complexity index is 1250. The number of thioether (sulfide) groups is 1. The molecule has 0 atom stereocenters. The van der Waals surface area contributed by atoms with E-state index in [9.17, 15) is 9.18 Å². The first-order valence-electron chi connectivity index (χ1n) is 9.55. The van der Waals surface area contributed by atoms with Crippen molar-refractivity contribution < 1.29 is 9.13 Å². The lowest BCUT2D eigenvalue weighted by Crippen LogP contribution is -2.24. The summed E-state index contributed by atoms with van der Waals surface area (Å²) in [7, 11) is 1.44. The van der Waals surface area contributed by atoms with Gasteiger partial charge in [0.2, 0.25) is 0 Å². The van der Waals surface area contributed by atoms with Gasteiger partial charge in [-0.1, -0.05) is 59.8 Å². The summed E-state index contributed by atoms with van der Waals surface area (Å²) < 4.78 is 20.7. The monoisotopic (exact) mass is 420 g/mol. The van der Waals surface area contributed by atoms with Crippen LogP contribution >= 0.6 is 11.8 Å². The molecule has 4 aromatic rings. The fraction of sp³-hybridized carbons (Fsp3) is 0.167. The third-order valence-electron chi connectivity index (χ3n) is 4.87. The average molecular weight is 421 g/mol. The lowest BCUT2D eigenvalue weighted by Gasteiger charge is -2.14. The molecule has 30 heavy (non-hydrogen) atoms. The first kappa shape index (κ1) is 20.2. The van der Waals surface area contributed by atoms with E-state index in [-0.39, 0.29) is 11.3 Å². The van der Waals surface area contributed by atoms with Crippen LogP contribution < -0.4 is 10.3 Å². The number of para-hydroxylation sites is 1. The van der Waals surface area contributed by atoms with Crippen LogP contribution in [0.1, 0.15) is 16.7 Å². The van der Waals surface area contributed by atoms with Gasteiger partial charge in [0, 0.05) is 5.75 Å². The molecule has 0 amide bonds. The summed E-state index contributed by atoms with van der Waals surface area (Å²) in [5, 5.41) is 1.19. The lowest BCUT2D eigenvalue weighted by molar-refractivity contribution is 0.386. The first-order chi connectivity index (χ1) is 14.5. The van der Waals surface area contributed by atoms with Crippen LogP contribution in [0.15, 0.2) is 76.7 Å². The van der Waals surface area contributed by atoms with E-state index in [2.05, 4.69) is 0 Å². The van der Waals surface area contributed by atoms with E-state index in [0.717, 1.165) is 11.1 Å². The average Bonchev–Trinajstić information content (AvgIpc) is 2.76. The molecule has 0 bridgehead atoms. The number of methoxy groups -OCH3 is 1. The molecule has 0 aliphatic carbocycles. The maximum absolute atomic E-state index is 14.0. The zero-order valence-corrected chi connectivity index (χ0v) is 17.6. The maximum Gasteiger partial charge on any atom is 0.262 e. The lowest BCUT2D eigenvalue weighted by atomic mass is 10.1. The largest absolute Gasteiger partial charge is 0.494 e. The van der Waals surface area contributed by atoms with Crippen molar-refractivity contribution in [3.8, 4) is 5.75 Å². The third kappa shape index (κ3) is 4.24. The van der Waals surface area contributed by atoms with Gasteiger partial charge < -0.3 is 4.74 Å². The number of hydrogen-bond acceptors (Lipinski definition) is 4. The Morgan fingerprint density at radius 3 is 2.50 bits per heavy atom. The highest BCUT2D eigenvalue weighted by Gasteiger charge is 2.13. The summed E-state index contributed by atoms with van der Waals surface area (Å²) in [5.74, 6) is 0.294. The Kier molecular flexibility index (Phi) is 5.86. The van der Waals surface area contributed by atoms with E-state index in [1.54, 1.807) is 16.7 Å². The predicted molar refractivity (Wildman–Crippen MR) is 119 cm³/mol. The van der Waals surface area contributed by atoms with Gasteiger partial charge >= 0.3 is 0 Å². The second-order valence-electron chi connectivity index (χ2n) is 7.05. The van der Waals surface area contributed by atoms with Gasteiger partial charge in [0.25, 0.3) is 5.56 Å². The molecule has 152 valence electrons. The standard InChI is InChI=1S/C24H21FN2O2S/c1-16-7-9-17(10-8-16)14-27-23(28)19-5-3-4-6-21(19)26-24(27)30-15-18-11-12-22(29-2)20(25)13-18/h3-13H,14-15H2,1-2H3. The molecule has 0 fully saturated rings. The van der Waals surface area contributed by atoms with Gasteiger partial charge in [-0.3, -0.25) is 9.36 Å². The SMILES string of the molecule is COc1ccc(CSc2nc3ccccc3c(=O)n2Cc2ccc(C)cc2)cc1F. The van der Waals surface area contributed by atoms with Gasteiger partial charge in [-0.05, 0) is 42.3 Å². The predicted octanol–water partition coefficient (Wildman–Crippen LogP) is 5.19. The van der Waals surface area contributed by atoms with Crippen molar-refractivity contribution >= 4 is 22.7 Å².